The van der Waals surface area contributed by atoms with Crippen LogP contribution in [0.25, 0.3) is 0 Å². The number of fused-ring (bicyclic) bond motifs is 1. The summed E-state index contributed by atoms with van der Waals surface area (Å²) in [5, 5.41) is 5.88. The molecule has 1 aliphatic heterocycles. The van der Waals surface area contributed by atoms with E-state index >= 15 is 0 Å². The van der Waals surface area contributed by atoms with Gasteiger partial charge < -0.3 is 20.3 Å². The molecule has 1 heterocycles. The molecule has 0 saturated carbocycles. The molecule has 0 radical (unpaired) electrons. The highest BCUT2D eigenvalue weighted by Gasteiger charge is 2.30. The van der Waals surface area contributed by atoms with Crippen LogP contribution in [0.5, 0.6) is 5.75 Å². The van der Waals surface area contributed by atoms with Crippen LogP contribution in [0, 0.1) is 0 Å². The van der Waals surface area contributed by atoms with Crippen molar-refractivity contribution in [3.8, 4) is 5.75 Å². The van der Waals surface area contributed by atoms with Crippen molar-refractivity contribution in [2.45, 2.75) is 19.9 Å². The summed E-state index contributed by atoms with van der Waals surface area (Å²) >= 11 is 3.52. The molecule has 116 valence electrons. The van der Waals surface area contributed by atoms with Crippen LogP contribution < -0.4 is 15.4 Å². The molecule has 1 atom stereocenters. The number of rotatable bonds is 7. The van der Waals surface area contributed by atoms with Crippen LogP contribution in [0.2, 0.25) is 0 Å². The van der Waals surface area contributed by atoms with Crippen LogP contribution in [0.3, 0.4) is 0 Å². The maximum absolute atomic E-state index is 11.8. The maximum Gasteiger partial charge on any atom is 0.246 e. The molecule has 0 aliphatic carbocycles. The van der Waals surface area contributed by atoms with E-state index in [2.05, 4.69) is 45.3 Å². The molecule has 1 aromatic carbocycles. The van der Waals surface area contributed by atoms with E-state index in [0.717, 1.165) is 41.1 Å². The van der Waals surface area contributed by atoms with Gasteiger partial charge >= 0.3 is 0 Å². The Hall–Kier alpha value is -1.11. The predicted octanol–water partition coefficient (Wildman–Crippen LogP) is 2.38. The zero-order valence-corrected chi connectivity index (χ0v) is 14.3. The van der Waals surface area contributed by atoms with Gasteiger partial charge in [-0.25, -0.2) is 0 Å². The fourth-order valence-corrected chi connectivity index (χ4v) is 2.96. The number of halogens is 1. The minimum Gasteiger partial charge on any atom is -0.491 e. The maximum atomic E-state index is 11.8. The zero-order valence-electron chi connectivity index (χ0n) is 12.7. The number of carbonyl (C=O) groups excluding carboxylic acids is 1. The van der Waals surface area contributed by atoms with Crippen molar-refractivity contribution in [2.24, 2.45) is 0 Å². The van der Waals surface area contributed by atoms with Crippen LogP contribution >= 0.6 is 15.9 Å². The lowest BCUT2D eigenvalue weighted by Gasteiger charge is -2.18. The zero-order chi connectivity index (χ0) is 15.4. The fraction of sp³-hybridized carbons (Fsp3) is 0.533. The third kappa shape index (κ3) is 3.56. The highest BCUT2D eigenvalue weighted by Crippen LogP contribution is 2.38. The summed E-state index contributed by atoms with van der Waals surface area (Å²) in [6.07, 6.45) is 0. The van der Waals surface area contributed by atoms with Crippen LogP contribution in [-0.2, 0) is 4.79 Å². The normalized spacial score (nSPS) is 17.0. The lowest BCUT2D eigenvalue weighted by Crippen LogP contribution is -2.27. The molecule has 6 heteroatoms. The van der Waals surface area contributed by atoms with Gasteiger partial charge in [0, 0.05) is 23.9 Å². The molecular formula is C15H22BrN3O2. The van der Waals surface area contributed by atoms with Gasteiger partial charge in [0.1, 0.15) is 18.4 Å². The number of hydrogen-bond acceptors (Lipinski definition) is 4. The van der Waals surface area contributed by atoms with Crippen molar-refractivity contribution < 1.29 is 9.53 Å². The van der Waals surface area contributed by atoms with E-state index in [4.69, 9.17) is 4.74 Å². The second kappa shape index (κ2) is 7.24. The molecule has 0 bridgehead atoms. The summed E-state index contributed by atoms with van der Waals surface area (Å²) in [4.78, 5) is 14.1. The summed E-state index contributed by atoms with van der Waals surface area (Å²) in [6, 6.07) is 3.54. The van der Waals surface area contributed by atoms with Gasteiger partial charge in [0.2, 0.25) is 5.91 Å². The first-order valence-corrected chi connectivity index (χ1v) is 8.06. The average Bonchev–Trinajstić information content (AvgIpc) is 2.78. The predicted molar refractivity (Wildman–Crippen MR) is 87.9 cm³/mol. The SMILES string of the molecule is CCN(CC)CCOc1cc2c(cc1Br)C(NC)C(=O)N2. The molecular weight excluding hydrogens is 334 g/mol. The van der Waals surface area contributed by atoms with E-state index < -0.39 is 0 Å². The first kappa shape index (κ1) is 16.3. The Morgan fingerprint density at radius 3 is 2.71 bits per heavy atom. The molecule has 1 unspecified atom stereocenters. The van der Waals surface area contributed by atoms with Gasteiger partial charge in [0.25, 0.3) is 0 Å². The number of hydrogen-bond donors (Lipinski definition) is 2. The number of nitrogens with zero attached hydrogens (tertiary/aromatic N) is 1. The molecule has 1 amide bonds. The number of amides is 1. The Labute approximate surface area is 134 Å². The van der Waals surface area contributed by atoms with Gasteiger partial charge in [0.15, 0.2) is 0 Å². The van der Waals surface area contributed by atoms with E-state index in [1.807, 2.05) is 12.1 Å². The van der Waals surface area contributed by atoms with E-state index in [9.17, 15) is 4.79 Å². The molecule has 21 heavy (non-hydrogen) atoms. The van der Waals surface area contributed by atoms with Crippen LogP contribution in [0.4, 0.5) is 5.69 Å². The van der Waals surface area contributed by atoms with Gasteiger partial charge in [-0.05, 0) is 42.1 Å². The third-order valence-corrected chi connectivity index (χ3v) is 4.40. The number of nitrogens with one attached hydrogen (secondary N) is 2. The molecule has 0 aromatic heterocycles. The van der Waals surface area contributed by atoms with Crippen molar-refractivity contribution >= 4 is 27.5 Å². The summed E-state index contributed by atoms with van der Waals surface area (Å²) in [6.45, 7) is 7.84. The molecule has 5 nitrogen and oxygen atoms in total. The summed E-state index contributed by atoms with van der Waals surface area (Å²) < 4.78 is 6.71. The smallest absolute Gasteiger partial charge is 0.246 e. The Morgan fingerprint density at radius 2 is 2.10 bits per heavy atom. The van der Waals surface area contributed by atoms with Crippen LogP contribution in [0.15, 0.2) is 16.6 Å². The van der Waals surface area contributed by atoms with Gasteiger partial charge in [0.05, 0.1) is 4.47 Å². The highest BCUT2D eigenvalue weighted by atomic mass is 79.9. The molecule has 0 spiro atoms. The minimum absolute atomic E-state index is 0.0281. The lowest BCUT2D eigenvalue weighted by atomic mass is 10.1. The lowest BCUT2D eigenvalue weighted by molar-refractivity contribution is -0.117. The third-order valence-electron chi connectivity index (χ3n) is 3.78. The Kier molecular flexibility index (Phi) is 5.61. The van der Waals surface area contributed by atoms with Crippen molar-refractivity contribution in [1.82, 2.24) is 10.2 Å². The van der Waals surface area contributed by atoms with Crippen molar-refractivity contribution in [1.29, 1.82) is 0 Å². The van der Waals surface area contributed by atoms with Crippen LogP contribution in [0.1, 0.15) is 25.5 Å². The quantitative estimate of drug-likeness (QED) is 0.788. The first-order chi connectivity index (χ1) is 10.1. The molecule has 1 aromatic rings. The summed E-state index contributed by atoms with van der Waals surface area (Å²) in [7, 11) is 1.78. The topological polar surface area (TPSA) is 53.6 Å². The average molecular weight is 356 g/mol. The minimum atomic E-state index is -0.291. The van der Waals surface area contributed by atoms with E-state index in [-0.39, 0.29) is 11.9 Å². The molecule has 0 saturated heterocycles. The largest absolute Gasteiger partial charge is 0.491 e. The monoisotopic (exact) mass is 355 g/mol. The Morgan fingerprint density at radius 1 is 1.38 bits per heavy atom. The highest BCUT2D eigenvalue weighted by molar-refractivity contribution is 9.10. The standard InChI is InChI=1S/C15H22BrN3O2/c1-4-19(5-2)6-7-21-13-9-12-10(8-11(13)16)14(17-3)15(20)18-12/h8-9,14,17H,4-7H2,1-3H3,(H,18,20). The first-order valence-electron chi connectivity index (χ1n) is 7.27. The number of likely N-dealkylation sites (N-methyl/N-ethyl adjacent to an activating group) is 2. The van der Waals surface area contributed by atoms with Gasteiger partial charge in [-0.3, -0.25) is 4.79 Å². The van der Waals surface area contributed by atoms with E-state index in [0.29, 0.717) is 6.61 Å². The van der Waals surface area contributed by atoms with Crippen molar-refractivity contribution in [3.05, 3.63) is 22.2 Å². The van der Waals surface area contributed by atoms with E-state index in [1.54, 1.807) is 7.05 Å². The van der Waals surface area contributed by atoms with Gasteiger partial charge in [-0.1, -0.05) is 13.8 Å². The number of carbonyl (C=O) groups is 1. The Balaban J connectivity index is 2.06. The second-order valence-corrected chi connectivity index (χ2v) is 5.81. The van der Waals surface area contributed by atoms with E-state index in [1.165, 1.54) is 0 Å². The molecule has 0 fully saturated rings. The second-order valence-electron chi connectivity index (χ2n) is 4.96. The molecule has 2 N–H and O–H groups in total. The molecule has 1 aliphatic rings. The van der Waals surface area contributed by atoms with Crippen molar-refractivity contribution in [2.75, 3.05) is 38.6 Å². The number of benzene rings is 1. The summed E-state index contributed by atoms with van der Waals surface area (Å²) in [5.74, 6) is 0.734. The molecule has 2 rings (SSSR count). The number of ether oxygens (including phenoxy) is 1. The fourth-order valence-electron chi connectivity index (χ4n) is 2.48. The number of anilines is 1. The van der Waals surface area contributed by atoms with Gasteiger partial charge in [-0.2, -0.15) is 0 Å². The van der Waals surface area contributed by atoms with Gasteiger partial charge in [-0.15, -0.1) is 0 Å². The van der Waals surface area contributed by atoms with Crippen molar-refractivity contribution in [3.63, 3.8) is 0 Å². The summed E-state index contributed by atoms with van der Waals surface area (Å²) in [5.41, 5.74) is 1.77. The van der Waals surface area contributed by atoms with Crippen LogP contribution in [-0.4, -0.2) is 44.1 Å². The Bertz CT molecular complexity index is 518.